The predicted octanol–water partition coefficient (Wildman–Crippen LogP) is 4.29. The van der Waals surface area contributed by atoms with E-state index in [1.165, 1.54) is 46.2 Å². The minimum atomic E-state index is -3.58. The van der Waals surface area contributed by atoms with Gasteiger partial charge in [-0.2, -0.15) is 0 Å². The third kappa shape index (κ3) is 9.38. The van der Waals surface area contributed by atoms with Crippen molar-refractivity contribution in [2.75, 3.05) is 41.7 Å². The van der Waals surface area contributed by atoms with E-state index >= 15 is 0 Å². The maximum Gasteiger partial charge on any atom is 0.245 e. The van der Waals surface area contributed by atoms with Crippen LogP contribution in [0.3, 0.4) is 0 Å². The average molecular weight is 803 g/mol. The number of carbonyl (C=O) groups excluding carboxylic acids is 2. The molecule has 288 valence electrons. The van der Waals surface area contributed by atoms with E-state index in [4.69, 9.17) is 5.73 Å². The molecule has 3 N–H and O–H groups in total. The summed E-state index contributed by atoms with van der Waals surface area (Å²) >= 11 is 0. The number of nitrogens with two attached hydrogens (primary N) is 1. The monoisotopic (exact) mass is 802 g/mol. The van der Waals surface area contributed by atoms with E-state index in [9.17, 15) is 43.6 Å². The van der Waals surface area contributed by atoms with Crippen LogP contribution in [-0.4, -0.2) is 81.0 Å². The number of rotatable bonds is 8. The molecule has 4 aromatic rings. The zero-order valence-electron chi connectivity index (χ0n) is 29.7. The lowest BCUT2D eigenvalue weighted by Crippen LogP contribution is -2.52. The summed E-state index contributed by atoms with van der Waals surface area (Å²) < 4.78 is 103. The first kappa shape index (κ1) is 40.6. The number of halogens is 2. The van der Waals surface area contributed by atoms with Crippen LogP contribution >= 0.6 is 0 Å². The SMILES string of the molecule is CS(=O)(=O)NC1CCCN(c2ccc(-c3ccccc3S(C)(=O)=O)cc2F)C1=O.CS(=O)(=O)c1ccccc1-c1ccc(N2CCCC(N)C2=O)c(F)c1. The van der Waals surface area contributed by atoms with E-state index in [0.29, 0.717) is 54.5 Å². The number of carbonyl (C=O) groups is 2. The average Bonchev–Trinajstić information content (AvgIpc) is 3.10. The summed E-state index contributed by atoms with van der Waals surface area (Å²) in [7, 11) is -10.5. The van der Waals surface area contributed by atoms with Crippen LogP contribution in [0.5, 0.6) is 0 Å². The van der Waals surface area contributed by atoms with Crippen LogP contribution in [0.25, 0.3) is 22.3 Å². The second-order valence-electron chi connectivity index (χ2n) is 13.2. The highest BCUT2D eigenvalue weighted by Gasteiger charge is 2.33. The molecular formula is C37H40F2N4O8S3. The van der Waals surface area contributed by atoms with Crippen LogP contribution < -0.4 is 20.3 Å². The number of amides is 2. The molecule has 17 heteroatoms. The molecule has 12 nitrogen and oxygen atoms in total. The Bertz CT molecular complexity index is 2430. The third-order valence-corrected chi connectivity index (χ3v) is 12.0. The molecular weight excluding hydrogens is 763 g/mol. The fourth-order valence-corrected chi connectivity index (χ4v) is 9.03. The Labute approximate surface area is 313 Å². The lowest BCUT2D eigenvalue weighted by Gasteiger charge is -2.32. The molecule has 0 bridgehead atoms. The number of benzene rings is 4. The zero-order chi connectivity index (χ0) is 39.6. The summed E-state index contributed by atoms with van der Waals surface area (Å²) in [4.78, 5) is 27.6. The van der Waals surface area contributed by atoms with Gasteiger partial charge in [0, 0.05) is 36.7 Å². The largest absolute Gasteiger partial charge is 0.320 e. The third-order valence-electron chi connectivity index (χ3n) is 8.95. The van der Waals surface area contributed by atoms with E-state index < -0.39 is 59.3 Å². The molecule has 2 fully saturated rings. The fourth-order valence-electron chi connectivity index (χ4n) is 6.47. The van der Waals surface area contributed by atoms with Crippen LogP contribution in [0.4, 0.5) is 20.2 Å². The summed E-state index contributed by atoms with van der Waals surface area (Å²) in [5.41, 5.74) is 7.55. The smallest absolute Gasteiger partial charge is 0.245 e. The molecule has 4 aromatic carbocycles. The molecule has 54 heavy (non-hydrogen) atoms. The van der Waals surface area contributed by atoms with Crippen molar-refractivity contribution >= 4 is 52.9 Å². The zero-order valence-corrected chi connectivity index (χ0v) is 32.1. The lowest BCUT2D eigenvalue weighted by atomic mass is 10.0. The van der Waals surface area contributed by atoms with Gasteiger partial charge in [0.15, 0.2) is 19.7 Å². The molecule has 2 aliphatic heterocycles. The number of hydrogen-bond donors (Lipinski definition) is 2. The molecule has 0 aliphatic carbocycles. The van der Waals surface area contributed by atoms with Crippen LogP contribution in [-0.2, 0) is 39.3 Å². The van der Waals surface area contributed by atoms with E-state index in [1.54, 1.807) is 48.5 Å². The van der Waals surface area contributed by atoms with Gasteiger partial charge in [-0.3, -0.25) is 9.59 Å². The van der Waals surface area contributed by atoms with Gasteiger partial charge in [-0.15, -0.1) is 0 Å². The van der Waals surface area contributed by atoms with Gasteiger partial charge in [-0.1, -0.05) is 48.5 Å². The Balaban J connectivity index is 0.000000210. The number of anilines is 2. The minimum absolute atomic E-state index is 0.0237. The quantitative estimate of drug-likeness (QED) is 0.263. The topological polar surface area (TPSA) is 181 Å². The fraction of sp³-hybridized carbons (Fsp3) is 0.297. The molecule has 2 unspecified atom stereocenters. The first-order valence-corrected chi connectivity index (χ1v) is 22.5. The van der Waals surface area contributed by atoms with Crippen molar-refractivity contribution in [1.29, 1.82) is 0 Å². The molecule has 2 heterocycles. The van der Waals surface area contributed by atoms with Crippen molar-refractivity contribution in [2.24, 2.45) is 5.73 Å². The van der Waals surface area contributed by atoms with Gasteiger partial charge in [-0.05, 0) is 73.2 Å². The van der Waals surface area contributed by atoms with Crippen molar-refractivity contribution < 1.29 is 43.6 Å². The highest BCUT2D eigenvalue weighted by molar-refractivity contribution is 7.91. The molecule has 2 amide bonds. The Morgan fingerprint density at radius 2 is 1.06 bits per heavy atom. The maximum absolute atomic E-state index is 14.9. The Morgan fingerprint density at radius 3 is 1.48 bits per heavy atom. The van der Waals surface area contributed by atoms with Gasteiger partial charge >= 0.3 is 0 Å². The molecule has 0 aromatic heterocycles. The van der Waals surface area contributed by atoms with E-state index in [2.05, 4.69) is 4.72 Å². The van der Waals surface area contributed by atoms with Gasteiger partial charge in [0.1, 0.15) is 17.7 Å². The molecule has 6 rings (SSSR count). The predicted molar refractivity (Wildman–Crippen MR) is 203 cm³/mol. The second kappa shape index (κ2) is 16.0. The van der Waals surface area contributed by atoms with Crippen molar-refractivity contribution in [3.63, 3.8) is 0 Å². The number of nitrogens with zero attached hydrogens (tertiary/aromatic N) is 2. The summed E-state index contributed by atoms with van der Waals surface area (Å²) in [6, 6.07) is 19.7. The van der Waals surface area contributed by atoms with E-state index in [-0.39, 0.29) is 33.6 Å². The highest BCUT2D eigenvalue weighted by atomic mass is 32.2. The van der Waals surface area contributed by atoms with Crippen molar-refractivity contribution in [2.45, 2.75) is 47.6 Å². The lowest BCUT2D eigenvalue weighted by molar-refractivity contribution is -0.121. The van der Waals surface area contributed by atoms with E-state index in [0.717, 1.165) is 18.8 Å². The Morgan fingerprint density at radius 1 is 0.630 bits per heavy atom. The first-order chi connectivity index (χ1) is 25.3. The normalized spacial score (nSPS) is 18.3. The molecule has 0 spiro atoms. The summed E-state index contributed by atoms with van der Waals surface area (Å²) in [6.07, 6.45) is 5.32. The van der Waals surface area contributed by atoms with Gasteiger partial charge in [0.05, 0.1) is 33.5 Å². The van der Waals surface area contributed by atoms with Crippen LogP contribution in [0.1, 0.15) is 25.7 Å². The standard InChI is InChI=1S/C19H21FN2O5S2.C18H19FN2O3S/c1-28(24,25)18-8-4-3-6-14(18)13-9-10-17(15(20)12-13)22-11-5-7-16(19(22)23)21-29(2,26)27;1-25(23,24)17-7-3-2-5-13(17)12-8-9-16(14(19)11-12)21-10-4-6-15(20)18(21)22/h3-4,6,8-10,12,16,21H,5,7,11H2,1-2H3;2-3,5,7-9,11,15H,4,6,10,20H2,1H3. The molecule has 2 aliphatic rings. The van der Waals surface area contributed by atoms with Crippen molar-refractivity contribution in [3.05, 3.63) is 96.6 Å². The summed E-state index contributed by atoms with van der Waals surface area (Å²) in [6.45, 7) is 0.680. The number of nitrogens with one attached hydrogen (secondary N) is 1. The first-order valence-electron chi connectivity index (χ1n) is 16.8. The molecule has 2 atom stereocenters. The molecule has 2 saturated heterocycles. The van der Waals surface area contributed by atoms with Crippen molar-refractivity contribution in [1.82, 2.24) is 4.72 Å². The Kier molecular flexibility index (Phi) is 12.1. The van der Waals surface area contributed by atoms with E-state index in [1.807, 2.05) is 0 Å². The maximum atomic E-state index is 14.9. The van der Waals surface area contributed by atoms with Gasteiger partial charge in [0.25, 0.3) is 0 Å². The Hall–Kier alpha value is -4.55. The number of piperidine rings is 2. The number of hydrogen-bond acceptors (Lipinski definition) is 9. The number of sulfone groups is 2. The molecule has 0 radical (unpaired) electrons. The van der Waals surface area contributed by atoms with Crippen LogP contribution in [0.2, 0.25) is 0 Å². The van der Waals surface area contributed by atoms with Crippen LogP contribution in [0, 0.1) is 11.6 Å². The summed E-state index contributed by atoms with van der Waals surface area (Å²) in [5.74, 6) is -2.10. The second-order valence-corrected chi connectivity index (χ2v) is 18.9. The van der Waals surface area contributed by atoms with Crippen LogP contribution in [0.15, 0.2) is 94.7 Å². The number of sulfonamides is 1. The van der Waals surface area contributed by atoms with Crippen molar-refractivity contribution in [3.8, 4) is 22.3 Å². The van der Waals surface area contributed by atoms with Gasteiger partial charge < -0.3 is 15.5 Å². The highest BCUT2D eigenvalue weighted by Crippen LogP contribution is 2.34. The molecule has 0 saturated carbocycles. The van der Waals surface area contributed by atoms with Gasteiger partial charge in [-0.25, -0.2) is 38.8 Å². The minimum Gasteiger partial charge on any atom is -0.320 e. The summed E-state index contributed by atoms with van der Waals surface area (Å²) in [5, 5.41) is 0. The van der Waals surface area contributed by atoms with Gasteiger partial charge in [0.2, 0.25) is 21.8 Å².